The van der Waals surface area contributed by atoms with Crippen LogP contribution in [-0.4, -0.2) is 24.1 Å². The molecule has 1 heterocycles. The van der Waals surface area contributed by atoms with Crippen LogP contribution >= 0.6 is 0 Å². The second kappa shape index (κ2) is 5.65. The van der Waals surface area contributed by atoms with Crippen molar-refractivity contribution in [2.24, 2.45) is 0 Å². The Hall–Kier alpha value is -1.59. The van der Waals surface area contributed by atoms with Crippen molar-refractivity contribution in [1.29, 1.82) is 0 Å². The minimum Gasteiger partial charge on any atom is -0.494 e. The van der Waals surface area contributed by atoms with Gasteiger partial charge in [-0.1, -0.05) is 0 Å². The molecule has 0 bridgehead atoms. The van der Waals surface area contributed by atoms with Crippen molar-refractivity contribution in [2.45, 2.75) is 25.4 Å². The topological polar surface area (TPSA) is 39.2 Å². The monoisotopic (exact) mass is 247 g/mol. The minimum atomic E-state index is -4.22. The number of ether oxygens (including phenoxy) is 1. The molecule has 0 spiro atoms. The van der Waals surface area contributed by atoms with Gasteiger partial charge in [0.25, 0.3) is 0 Å². The lowest BCUT2D eigenvalue weighted by Crippen LogP contribution is -2.09. The van der Waals surface area contributed by atoms with E-state index in [-0.39, 0.29) is 29.9 Å². The smallest absolute Gasteiger partial charge is 0.389 e. The summed E-state index contributed by atoms with van der Waals surface area (Å²) in [5, 5.41) is 0. The van der Waals surface area contributed by atoms with Gasteiger partial charge in [0.2, 0.25) is 0 Å². The molecule has 0 saturated carbocycles. The van der Waals surface area contributed by atoms with Gasteiger partial charge in [-0.3, -0.25) is 9.78 Å². The SMILES string of the molecule is COc1cnccc1C(=O)CCCC(F)(F)F. The lowest BCUT2D eigenvalue weighted by molar-refractivity contribution is -0.135. The molecule has 0 aliphatic rings. The van der Waals surface area contributed by atoms with Crippen LogP contribution in [0.3, 0.4) is 0 Å². The molecule has 0 fully saturated rings. The Morgan fingerprint density at radius 3 is 2.76 bits per heavy atom. The van der Waals surface area contributed by atoms with Crippen LogP contribution in [0.25, 0.3) is 0 Å². The number of pyridine rings is 1. The third-order valence-electron chi connectivity index (χ3n) is 2.17. The zero-order valence-corrected chi connectivity index (χ0v) is 9.25. The van der Waals surface area contributed by atoms with Crippen LogP contribution in [0.5, 0.6) is 5.75 Å². The average Bonchev–Trinajstić information content (AvgIpc) is 2.27. The van der Waals surface area contributed by atoms with E-state index in [2.05, 4.69) is 4.98 Å². The van der Waals surface area contributed by atoms with E-state index in [1.807, 2.05) is 0 Å². The Bertz CT molecular complexity index is 391. The van der Waals surface area contributed by atoms with Crippen molar-refractivity contribution >= 4 is 5.78 Å². The maximum Gasteiger partial charge on any atom is 0.389 e. The molecule has 0 aliphatic heterocycles. The van der Waals surface area contributed by atoms with Crippen LogP contribution in [0.1, 0.15) is 29.6 Å². The summed E-state index contributed by atoms with van der Waals surface area (Å²) in [5.41, 5.74) is 0.268. The molecule has 0 saturated heterocycles. The van der Waals surface area contributed by atoms with Gasteiger partial charge < -0.3 is 4.74 Å². The van der Waals surface area contributed by atoms with E-state index in [0.29, 0.717) is 0 Å². The van der Waals surface area contributed by atoms with Crippen molar-refractivity contribution in [3.63, 3.8) is 0 Å². The molecule has 0 amide bonds. The Morgan fingerprint density at radius 2 is 2.18 bits per heavy atom. The predicted molar refractivity (Wildman–Crippen MR) is 55.0 cm³/mol. The van der Waals surface area contributed by atoms with Gasteiger partial charge in [0.05, 0.1) is 18.9 Å². The lowest BCUT2D eigenvalue weighted by Gasteiger charge is -2.07. The first-order chi connectivity index (χ1) is 7.94. The van der Waals surface area contributed by atoms with Crippen LogP contribution < -0.4 is 4.74 Å². The van der Waals surface area contributed by atoms with Crippen molar-refractivity contribution < 1.29 is 22.7 Å². The number of aromatic nitrogens is 1. The Kier molecular flexibility index (Phi) is 4.48. The first-order valence-electron chi connectivity index (χ1n) is 5.02. The molecule has 1 rings (SSSR count). The second-order valence-corrected chi connectivity index (χ2v) is 3.47. The van der Waals surface area contributed by atoms with Gasteiger partial charge in [-0.05, 0) is 12.5 Å². The fraction of sp³-hybridized carbons (Fsp3) is 0.455. The number of ketones is 1. The summed E-state index contributed by atoms with van der Waals surface area (Å²) in [4.78, 5) is 15.4. The first kappa shape index (κ1) is 13.5. The van der Waals surface area contributed by atoms with Gasteiger partial charge in [0, 0.05) is 19.0 Å². The molecular weight excluding hydrogens is 235 g/mol. The number of rotatable bonds is 5. The van der Waals surface area contributed by atoms with Gasteiger partial charge >= 0.3 is 6.18 Å². The summed E-state index contributed by atoms with van der Waals surface area (Å²) < 4.78 is 40.6. The van der Waals surface area contributed by atoms with Gasteiger partial charge in [-0.25, -0.2) is 0 Å². The molecule has 3 nitrogen and oxygen atoms in total. The molecule has 0 aliphatic carbocycles. The average molecular weight is 247 g/mol. The van der Waals surface area contributed by atoms with Crippen molar-refractivity contribution in [1.82, 2.24) is 4.98 Å². The van der Waals surface area contributed by atoms with E-state index >= 15 is 0 Å². The Balaban J connectivity index is 2.58. The maximum atomic E-state index is 11.9. The summed E-state index contributed by atoms with van der Waals surface area (Å²) in [5.74, 6) is -0.0852. The zero-order valence-electron chi connectivity index (χ0n) is 9.25. The van der Waals surface area contributed by atoms with Crippen LogP contribution in [-0.2, 0) is 0 Å². The van der Waals surface area contributed by atoms with Crippen LogP contribution in [0, 0.1) is 0 Å². The molecule has 6 heteroatoms. The summed E-state index contributed by atoms with van der Waals surface area (Å²) in [6.07, 6.45) is -2.78. The number of Topliss-reactive ketones (excluding diaryl/α,β-unsaturated/α-hetero) is 1. The van der Waals surface area contributed by atoms with E-state index in [0.717, 1.165) is 0 Å². The van der Waals surface area contributed by atoms with E-state index in [1.165, 1.54) is 25.6 Å². The zero-order chi connectivity index (χ0) is 12.9. The third-order valence-corrected chi connectivity index (χ3v) is 2.17. The van der Waals surface area contributed by atoms with E-state index < -0.39 is 12.6 Å². The highest BCUT2D eigenvalue weighted by molar-refractivity contribution is 5.98. The molecule has 94 valence electrons. The highest BCUT2D eigenvalue weighted by Crippen LogP contribution is 2.24. The van der Waals surface area contributed by atoms with E-state index in [1.54, 1.807) is 0 Å². The van der Waals surface area contributed by atoms with Crippen molar-refractivity contribution in [2.75, 3.05) is 7.11 Å². The minimum absolute atomic E-state index is 0.153. The standard InChI is InChI=1S/C11H12F3NO2/c1-17-10-7-15-6-4-8(10)9(16)3-2-5-11(12,13)14/h4,6-7H,2-3,5H2,1H3. The van der Waals surface area contributed by atoms with Crippen LogP contribution in [0.4, 0.5) is 13.2 Å². The van der Waals surface area contributed by atoms with E-state index in [4.69, 9.17) is 4.74 Å². The fourth-order valence-corrected chi connectivity index (χ4v) is 1.36. The maximum absolute atomic E-state index is 11.9. The van der Waals surface area contributed by atoms with Crippen molar-refractivity contribution in [3.05, 3.63) is 24.0 Å². The molecule has 1 aromatic rings. The Morgan fingerprint density at radius 1 is 1.47 bits per heavy atom. The first-order valence-corrected chi connectivity index (χ1v) is 5.02. The molecule has 0 radical (unpaired) electrons. The highest BCUT2D eigenvalue weighted by Gasteiger charge is 2.26. The summed E-state index contributed by atoms with van der Waals surface area (Å²) >= 11 is 0. The van der Waals surface area contributed by atoms with Gasteiger partial charge in [-0.15, -0.1) is 0 Å². The normalized spacial score (nSPS) is 11.3. The molecule has 0 unspecified atom stereocenters. The molecular formula is C11H12F3NO2. The fourth-order valence-electron chi connectivity index (χ4n) is 1.36. The van der Waals surface area contributed by atoms with E-state index in [9.17, 15) is 18.0 Å². The highest BCUT2D eigenvalue weighted by atomic mass is 19.4. The summed E-state index contributed by atoms with van der Waals surface area (Å²) in [7, 11) is 1.38. The summed E-state index contributed by atoms with van der Waals surface area (Å²) in [6.45, 7) is 0. The number of carbonyl (C=O) groups is 1. The third kappa shape index (κ3) is 4.42. The van der Waals surface area contributed by atoms with Gasteiger partial charge in [0.1, 0.15) is 5.75 Å². The Labute approximate surface area is 96.6 Å². The molecule has 0 N–H and O–H groups in total. The number of halogens is 3. The second-order valence-electron chi connectivity index (χ2n) is 3.47. The number of carbonyl (C=O) groups excluding carboxylic acids is 1. The molecule has 0 aromatic carbocycles. The van der Waals surface area contributed by atoms with Crippen molar-refractivity contribution in [3.8, 4) is 5.75 Å². The lowest BCUT2D eigenvalue weighted by atomic mass is 10.1. The molecule has 1 aromatic heterocycles. The van der Waals surface area contributed by atoms with Crippen LogP contribution in [0.15, 0.2) is 18.5 Å². The number of nitrogens with zero attached hydrogens (tertiary/aromatic N) is 1. The molecule has 17 heavy (non-hydrogen) atoms. The van der Waals surface area contributed by atoms with Crippen LogP contribution in [0.2, 0.25) is 0 Å². The quantitative estimate of drug-likeness (QED) is 0.751. The van der Waals surface area contributed by atoms with Gasteiger partial charge in [-0.2, -0.15) is 13.2 Å². The predicted octanol–water partition coefficient (Wildman–Crippen LogP) is 3.01. The number of methoxy groups -OCH3 is 1. The largest absolute Gasteiger partial charge is 0.494 e. The number of alkyl halides is 3. The number of hydrogen-bond donors (Lipinski definition) is 0. The van der Waals surface area contributed by atoms with Gasteiger partial charge in [0.15, 0.2) is 5.78 Å². The summed E-state index contributed by atoms with van der Waals surface area (Å²) in [6, 6.07) is 1.44. The molecule has 0 atom stereocenters. The number of hydrogen-bond acceptors (Lipinski definition) is 3.